The van der Waals surface area contributed by atoms with Crippen LogP contribution in [0.5, 0.6) is 5.75 Å². The number of hydrogen-bond acceptors (Lipinski definition) is 6. The summed E-state index contributed by atoms with van der Waals surface area (Å²) in [5.41, 5.74) is 1.51. The Labute approximate surface area is 172 Å². The van der Waals surface area contributed by atoms with E-state index >= 15 is 0 Å². The fourth-order valence-corrected chi connectivity index (χ4v) is 2.56. The molecule has 9 heteroatoms. The van der Waals surface area contributed by atoms with Crippen LogP contribution in [-0.4, -0.2) is 17.9 Å². The Hall–Kier alpha value is -3.72. The highest BCUT2D eigenvalue weighted by molar-refractivity contribution is 7.82. The summed E-state index contributed by atoms with van der Waals surface area (Å²) in [5.74, 6) is -0.453. The zero-order valence-electron chi connectivity index (χ0n) is 15.3. The van der Waals surface area contributed by atoms with Gasteiger partial charge in [0.05, 0.1) is 12.0 Å². The largest absolute Gasteiger partial charge is 0.457 e. The number of benzene rings is 2. The number of ether oxygens (including phenoxy) is 1. The second-order valence-electron chi connectivity index (χ2n) is 5.86. The molecule has 0 saturated heterocycles. The lowest BCUT2D eigenvalue weighted by molar-refractivity contribution is -0.114. The molecule has 0 aliphatic rings. The van der Waals surface area contributed by atoms with E-state index in [4.69, 9.17) is 9.15 Å². The number of anilines is 3. The average Bonchev–Trinajstić information content (AvgIpc) is 3.23. The van der Waals surface area contributed by atoms with Crippen LogP contribution in [0.3, 0.4) is 0 Å². The van der Waals surface area contributed by atoms with E-state index in [9.17, 15) is 14.4 Å². The van der Waals surface area contributed by atoms with Crippen molar-refractivity contribution in [3.05, 3.63) is 72.7 Å². The van der Waals surface area contributed by atoms with Crippen LogP contribution in [0.1, 0.15) is 17.5 Å². The molecule has 0 saturated carbocycles. The van der Waals surface area contributed by atoms with Gasteiger partial charge >= 0.3 is 12.0 Å². The van der Waals surface area contributed by atoms with E-state index in [1.54, 1.807) is 42.5 Å². The molecule has 0 bridgehead atoms. The first kappa shape index (κ1) is 20.0. The van der Waals surface area contributed by atoms with Crippen molar-refractivity contribution in [3.8, 4) is 5.75 Å². The first-order valence-corrected chi connectivity index (χ1v) is 8.86. The number of rotatable bonds is 5. The van der Waals surface area contributed by atoms with Gasteiger partial charge in [-0.15, -0.1) is 0 Å². The van der Waals surface area contributed by atoms with Gasteiger partial charge in [-0.25, -0.2) is 13.9 Å². The summed E-state index contributed by atoms with van der Waals surface area (Å²) in [6, 6.07) is 15.5. The van der Waals surface area contributed by atoms with Crippen molar-refractivity contribution in [1.29, 1.82) is 0 Å². The first-order chi connectivity index (χ1) is 13.9. The van der Waals surface area contributed by atoms with Gasteiger partial charge in [-0.2, -0.15) is 0 Å². The van der Waals surface area contributed by atoms with Gasteiger partial charge in [0.25, 0.3) is 0 Å². The summed E-state index contributed by atoms with van der Waals surface area (Å²) in [6.07, 6.45) is 1.38. The lowest BCUT2D eigenvalue weighted by Gasteiger charge is -2.17. The maximum absolute atomic E-state index is 12.4. The molecule has 0 unspecified atom stereocenters. The lowest BCUT2D eigenvalue weighted by atomic mass is 10.2. The van der Waals surface area contributed by atoms with Crippen LogP contribution in [-0.2, 0) is 4.79 Å². The third-order valence-corrected chi connectivity index (χ3v) is 4.05. The zero-order chi connectivity index (χ0) is 20.8. The van der Waals surface area contributed by atoms with Crippen molar-refractivity contribution in [3.63, 3.8) is 0 Å². The van der Waals surface area contributed by atoms with E-state index < -0.39 is 12.0 Å². The van der Waals surface area contributed by atoms with Crippen molar-refractivity contribution < 1.29 is 23.5 Å². The van der Waals surface area contributed by atoms with Crippen LogP contribution in [0, 0.1) is 0 Å². The van der Waals surface area contributed by atoms with Crippen LogP contribution in [0.15, 0.2) is 71.3 Å². The van der Waals surface area contributed by atoms with Gasteiger partial charge in [0.1, 0.15) is 5.75 Å². The molecule has 8 nitrogen and oxygen atoms in total. The van der Waals surface area contributed by atoms with Crippen molar-refractivity contribution >= 4 is 47.8 Å². The summed E-state index contributed by atoms with van der Waals surface area (Å²) in [6.45, 7) is 1.40. The zero-order valence-corrected chi connectivity index (χ0v) is 16.2. The molecule has 3 amide bonds. The number of hydrogen-bond donors (Lipinski definition) is 3. The minimum Gasteiger partial charge on any atom is -0.457 e. The number of nitrogens with zero attached hydrogens (tertiary/aromatic N) is 1. The number of esters is 1. The predicted octanol–water partition coefficient (Wildman–Crippen LogP) is 4.34. The molecule has 0 radical (unpaired) electrons. The Morgan fingerprint density at radius 2 is 1.66 bits per heavy atom. The summed E-state index contributed by atoms with van der Waals surface area (Å²) in [5, 5.41) is 5.32. The number of urea groups is 1. The van der Waals surface area contributed by atoms with Crippen molar-refractivity contribution in [1.82, 2.24) is 0 Å². The molecule has 3 aromatic rings. The Bertz CT molecular complexity index is 1020. The number of carbonyl (C=O) groups is 3. The van der Waals surface area contributed by atoms with Crippen molar-refractivity contribution in [2.24, 2.45) is 0 Å². The molecule has 0 fully saturated rings. The van der Waals surface area contributed by atoms with E-state index in [0.29, 0.717) is 22.8 Å². The Balaban J connectivity index is 1.62. The highest BCUT2D eigenvalue weighted by atomic mass is 32.1. The van der Waals surface area contributed by atoms with E-state index in [0.717, 1.165) is 4.31 Å². The Kier molecular flexibility index (Phi) is 6.20. The maximum Gasteiger partial charge on any atom is 0.379 e. The fraction of sp³-hybridized carbons (Fsp3) is 0.0500. The molecule has 29 heavy (non-hydrogen) atoms. The quantitative estimate of drug-likeness (QED) is 0.329. The van der Waals surface area contributed by atoms with Gasteiger partial charge in [-0.05, 0) is 54.6 Å². The van der Waals surface area contributed by atoms with Gasteiger partial charge < -0.3 is 19.8 Å². The highest BCUT2D eigenvalue weighted by Gasteiger charge is 2.15. The van der Waals surface area contributed by atoms with Crippen molar-refractivity contribution in [2.45, 2.75) is 6.92 Å². The molecular weight excluding hydrogens is 394 g/mol. The summed E-state index contributed by atoms with van der Waals surface area (Å²) in [7, 11) is 0. The molecule has 0 spiro atoms. The second-order valence-corrected chi connectivity index (χ2v) is 6.26. The lowest BCUT2D eigenvalue weighted by Crippen LogP contribution is -2.26. The number of nitrogens with one attached hydrogen (secondary N) is 2. The van der Waals surface area contributed by atoms with Gasteiger partial charge in [0.2, 0.25) is 11.7 Å². The highest BCUT2D eigenvalue weighted by Crippen LogP contribution is 2.23. The average molecular weight is 411 g/mol. The summed E-state index contributed by atoms with van der Waals surface area (Å²) in [4.78, 5) is 35.4. The Morgan fingerprint density at radius 3 is 2.28 bits per heavy atom. The maximum atomic E-state index is 12.4. The van der Waals surface area contributed by atoms with Gasteiger partial charge in [0.15, 0.2) is 0 Å². The molecule has 0 aliphatic heterocycles. The molecule has 3 rings (SSSR count). The standard InChI is InChI=1S/C20H17N3O5S/c1-13(24)21-14-4-2-5-15(12-14)22-20(26)23(29)16-7-9-17(10-8-16)28-19(25)18-6-3-11-27-18/h2-12,29H,1H3,(H,21,24)(H,22,26). The molecule has 1 aromatic heterocycles. The second kappa shape index (κ2) is 8.98. The van der Waals surface area contributed by atoms with E-state index in [2.05, 4.69) is 23.4 Å². The molecule has 2 N–H and O–H groups in total. The number of furan rings is 1. The normalized spacial score (nSPS) is 10.1. The molecule has 0 aliphatic carbocycles. The Morgan fingerprint density at radius 1 is 0.966 bits per heavy atom. The number of thiol groups is 1. The topological polar surface area (TPSA) is 101 Å². The fourth-order valence-electron chi connectivity index (χ4n) is 2.38. The van der Waals surface area contributed by atoms with Crippen LogP contribution < -0.4 is 19.7 Å². The third kappa shape index (κ3) is 5.39. The third-order valence-electron chi connectivity index (χ3n) is 3.64. The van der Waals surface area contributed by atoms with Crippen molar-refractivity contribution in [2.75, 3.05) is 14.9 Å². The number of carbonyl (C=O) groups excluding carboxylic acids is 3. The van der Waals surface area contributed by atoms with Crippen LogP contribution in [0.4, 0.5) is 21.9 Å². The molecule has 1 heterocycles. The molecule has 2 aromatic carbocycles. The van der Waals surface area contributed by atoms with Gasteiger partial charge in [-0.3, -0.25) is 4.79 Å². The summed E-state index contributed by atoms with van der Waals surface area (Å²) < 4.78 is 11.3. The molecule has 148 valence electrons. The molecule has 0 atom stereocenters. The van der Waals surface area contributed by atoms with E-state index in [1.165, 1.54) is 31.4 Å². The smallest absolute Gasteiger partial charge is 0.379 e. The van der Waals surface area contributed by atoms with E-state index in [1.807, 2.05) is 0 Å². The van der Waals surface area contributed by atoms with Gasteiger partial charge in [-0.1, -0.05) is 18.9 Å². The SMILES string of the molecule is CC(=O)Nc1cccc(NC(=O)N(S)c2ccc(OC(=O)c3ccco3)cc2)c1. The molecular formula is C20H17N3O5S. The monoisotopic (exact) mass is 411 g/mol. The van der Waals surface area contributed by atoms with Crippen LogP contribution in [0.25, 0.3) is 0 Å². The van der Waals surface area contributed by atoms with Gasteiger partial charge in [0, 0.05) is 18.3 Å². The minimum absolute atomic E-state index is 0.0887. The number of amides is 3. The van der Waals surface area contributed by atoms with E-state index in [-0.39, 0.29) is 11.7 Å². The van der Waals surface area contributed by atoms with Crippen LogP contribution >= 0.6 is 12.8 Å². The summed E-state index contributed by atoms with van der Waals surface area (Å²) >= 11 is 4.21. The predicted molar refractivity (Wildman–Crippen MR) is 111 cm³/mol. The first-order valence-electron chi connectivity index (χ1n) is 8.46. The van der Waals surface area contributed by atoms with Crippen LogP contribution in [0.2, 0.25) is 0 Å². The minimum atomic E-state index is -0.623.